The summed E-state index contributed by atoms with van der Waals surface area (Å²) < 4.78 is 22.3. The fourth-order valence-corrected chi connectivity index (χ4v) is 2.33. The number of rotatable bonds is 4. The van der Waals surface area contributed by atoms with Crippen LogP contribution in [0.2, 0.25) is 0 Å². The van der Waals surface area contributed by atoms with Crippen LogP contribution < -0.4 is 10.5 Å². The first-order valence-corrected chi connectivity index (χ1v) is 7.46. The van der Waals surface area contributed by atoms with Crippen LogP contribution in [0, 0.1) is 0 Å². The number of nitrogens with one attached hydrogen (secondary N) is 1. The average molecular weight is 276 g/mol. The van der Waals surface area contributed by atoms with E-state index in [1.54, 1.807) is 12.1 Å². The van der Waals surface area contributed by atoms with Crippen molar-refractivity contribution in [3.8, 4) is 0 Å². The van der Waals surface area contributed by atoms with Crippen molar-refractivity contribution in [2.75, 3.05) is 5.32 Å². The Balaban J connectivity index is 2.14. The summed E-state index contributed by atoms with van der Waals surface area (Å²) in [6.45, 7) is 2.01. The summed E-state index contributed by atoms with van der Waals surface area (Å²) in [7, 11) is -3.62. The third-order valence-electron chi connectivity index (χ3n) is 2.87. The van der Waals surface area contributed by atoms with Crippen molar-refractivity contribution in [3.05, 3.63) is 60.2 Å². The zero-order valence-corrected chi connectivity index (χ0v) is 11.4. The van der Waals surface area contributed by atoms with Crippen LogP contribution in [0.25, 0.3) is 0 Å². The lowest BCUT2D eigenvalue weighted by atomic mass is 10.1. The Labute approximate surface area is 113 Å². The van der Waals surface area contributed by atoms with E-state index < -0.39 is 10.0 Å². The Bertz CT molecular complexity index is 637. The zero-order valence-electron chi connectivity index (χ0n) is 10.6. The van der Waals surface area contributed by atoms with Crippen molar-refractivity contribution < 1.29 is 8.42 Å². The largest absolute Gasteiger partial charge is 0.379 e. The number of anilines is 1. The van der Waals surface area contributed by atoms with E-state index in [1.165, 1.54) is 12.1 Å². The molecule has 0 aliphatic carbocycles. The minimum Gasteiger partial charge on any atom is -0.379 e. The molecule has 1 atom stereocenters. The quantitative estimate of drug-likeness (QED) is 0.901. The zero-order chi connectivity index (χ0) is 13.9. The second-order valence-corrected chi connectivity index (χ2v) is 5.91. The maximum absolute atomic E-state index is 11.2. The molecule has 0 aliphatic heterocycles. The van der Waals surface area contributed by atoms with Gasteiger partial charge < -0.3 is 5.32 Å². The molecule has 0 aromatic heterocycles. The lowest BCUT2D eigenvalue weighted by Gasteiger charge is -2.15. The molecule has 5 heteroatoms. The molecule has 0 spiro atoms. The summed E-state index contributed by atoms with van der Waals surface area (Å²) in [4.78, 5) is 0.128. The Hall–Kier alpha value is -1.85. The molecule has 0 aliphatic rings. The third kappa shape index (κ3) is 3.56. The number of sulfonamides is 1. The lowest BCUT2D eigenvalue weighted by molar-refractivity contribution is 0.597. The standard InChI is InChI=1S/C14H16N2O2S/c1-11(16-13-5-3-2-4-6-13)12-7-9-14(10-8-12)19(15,17)18/h2-11,16H,1H3,(H2,15,17,18). The average Bonchev–Trinajstić information content (AvgIpc) is 2.39. The number of nitrogens with two attached hydrogens (primary N) is 1. The van der Waals surface area contributed by atoms with Crippen LogP contribution in [0.15, 0.2) is 59.5 Å². The van der Waals surface area contributed by atoms with E-state index in [0.717, 1.165) is 11.3 Å². The van der Waals surface area contributed by atoms with Gasteiger partial charge in [0.2, 0.25) is 10.0 Å². The number of para-hydroxylation sites is 1. The molecule has 2 aromatic rings. The van der Waals surface area contributed by atoms with E-state index >= 15 is 0 Å². The number of hydrogen-bond acceptors (Lipinski definition) is 3. The van der Waals surface area contributed by atoms with Crippen molar-refractivity contribution >= 4 is 15.7 Å². The van der Waals surface area contributed by atoms with Gasteiger partial charge in [0.05, 0.1) is 4.90 Å². The summed E-state index contributed by atoms with van der Waals surface area (Å²) >= 11 is 0. The van der Waals surface area contributed by atoms with Gasteiger partial charge in [-0.2, -0.15) is 0 Å². The van der Waals surface area contributed by atoms with E-state index in [1.807, 2.05) is 37.3 Å². The highest BCUT2D eigenvalue weighted by Gasteiger charge is 2.09. The van der Waals surface area contributed by atoms with Crippen LogP contribution in [0.3, 0.4) is 0 Å². The third-order valence-corrected chi connectivity index (χ3v) is 3.79. The molecular weight excluding hydrogens is 260 g/mol. The van der Waals surface area contributed by atoms with Crippen molar-refractivity contribution in [2.24, 2.45) is 5.14 Å². The van der Waals surface area contributed by atoms with Gasteiger partial charge in [0, 0.05) is 11.7 Å². The highest BCUT2D eigenvalue weighted by Crippen LogP contribution is 2.20. The lowest BCUT2D eigenvalue weighted by Crippen LogP contribution is -2.12. The van der Waals surface area contributed by atoms with E-state index in [9.17, 15) is 8.42 Å². The molecule has 1 unspecified atom stereocenters. The first-order valence-electron chi connectivity index (χ1n) is 5.91. The molecule has 0 bridgehead atoms. The van der Waals surface area contributed by atoms with Gasteiger partial charge in [-0.15, -0.1) is 0 Å². The van der Waals surface area contributed by atoms with Crippen LogP contribution in [0.4, 0.5) is 5.69 Å². The monoisotopic (exact) mass is 276 g/mol. The summed E-state index contributed by atoms with van der Waals surface area (Å²) in [5.41, 5.74) is 2.02. The Morgan fingerprint density at radius 2 is 1.58 bits per heavy atom. The maximum Gasteiger partial charge on any atom is 0.238 e. The Morgan fingerprint density at radius 1 is 1.00 bits per heavy atom. The first-order chi connectivity index (χ1) is 8.97. The molecule has 0 saturated carbocycles. The molecule has 19 heavy (non-hydrogen) atoms. The minimum absolute atomic E-state index is 0.0805. The van der Waals surface area contributed by atoms with Gasteiger partial charge >= 0.3 is 0 Å². The van der Waals surface area contributed by atoms with Crippen molar-refractivity contribution in [3.63, 3.8) is 0 Å². The van der Waals surface area contributed by atoms with Gasteiger partial charge in [-0.25, -0.2) is 13.6 Å². The molecule has 2 rings (SSSR count). The molecule has 0 radical (unpaired) electrons. The molecule has 0 amide bonds. The minimum atomic E-state index is -3.62. The van der Waals surface area contributed by atoms with Crippen LogP contribution >= 0.6 is 0 Å². The van der Waals surface area contributed by atoms with Gasteiger partial charge in [-0.1, -0.05) is 30.3 Å². The predicted molar refractivity (Wildman–Crippen MR) is 76.3 cm³/mol. The van der Waals surface area contributed by atoms with E-state index in [2.05, 4.69) is 5.32 Å². The normalized spacial score (nSPS) is 12.9. The van der Waals surface area contributed by atoms with Crippen LogP contribution in [0.1, 0.15) is 18.5 Å². The van der Waals surface area contributed by atoms with E-state index in [0.29, 0.717) is 0 Å². The van der Waals surface area contributed by atoms with Gasteiger partial charge in [0.1, 0.15) is 0 Å². The fraction of sp³-hybridized carbons (Fsp3) is 0.143. The van der Waals surface area contributed by atoms with E-state index in [4.69, 9.17) is 5.14 Å². The SMILES string of the molecule is CC(Nc1ccccc1)c1ccc(S(N)(=O)=O)cc1. The van der Waals surface area contributed by atoms with Gasteiger partial charge in [-0.05, 0) is 36.8 Å². The molecule has 0 saturated heterocycles. The number of hydrogen-bond donors (Lipinski definition) is 2. The molecule has 3 N–H and O–H groups in total. The first kappa shape index (κ1) is 13.6. The van der Waals surface area contributed by atoms with E-state index in [-0.39, 0.29) is 10.9 Å². The predicted octanol–water partition coefficient (Wildman–Crippen LogP) is 2.51. The van der Waals surface area contributed by atoms with Crippen LogP contribution in [-0.2, 0) is 10.0 Å². The topological polar surface area (TPSA) is 72.2 Å². The summed E-state index contributed by atoms with van der Waals surface area (Å²) in [5, 5.41) is 8.40. The molecule has 0 heterocycles. The molecule has 0 fully saturated rings. The molecule has 2 aromatic carbocycles. The van der Waals surface area contributed by atoms with Crippen molar-refractivity contribution in [1.29, 1.82) is 0 Å². The Morgan fingerprint density at radius 3 is 2.11 bits per heavy atom. The summed E-state index contributed by atoms with van der Waals surface area (Å²) in [6, 6.07) is 16.5. The van der Waals surface area contributed by atoms with Gasteiger partial charge in [0.25, 0.3) is 0 Å². The van der Waals surface area contributed by atoms with Gasteiger partial charge in [-0.3, -0.25) is 0 Å². The number of benzene rings is 2. The summed E-state index contributed by atoms with van der Waals surface area (Å²) in [5.74, 6) is 0. The highest BCUT2D eigenvalue weighted by molar-refractivity contribution is 7.89. The number of primary sulfonamides is 1. The second-order valence-electron chi connectivity index (χ2n) is 4.35. The maximum atomic E-state index is 11.2. The smallest absolute Gasteiger partial charge is 0.238 e. The second kappa shape index (κ2) is 5.42. The Kier molecular flexibility index (Phi) is 3.87. The highest BCUT2D eigenvalue weighted by atomic mass is 32.2. The molecular formula is C14H16N2O2S. The van der Waals surface area contributed by atoms with Crippen molar-refractivity contribution in [1.82, 2.24) is 0 Å². The molecule has 100 valence electrons. The van der Waals surface area contributed by atoms with Crippen LogP contribution in [-0.4, -0.2) is 8.42 Å². The van der Waals surface area contributed by atoms with Crippen molar-refractivity contribution in [2.45, 2.75) is 17.9 Å². The molecule has 4 nitrogen and oxygen atoms in total. The van der Waals surface area contributed by atoms with Gasteiger partial charge in [0.15, 0.2) is 0 Å². The fourth-order valence-electron chi connectivity index (χ4n) is 1.81. The van der Waals surface area contributed by atoms with Crippen LogP contribution in [0.5, 0.6) is 0 Å². The summed E-state index contributed by atoms with van der Waals surface area (Å²) in [6.07, 6.45) is 0.